The van der Waals surface area contributed by atoms with Gasteiger partial charge < -0.3 is 10.6 Å². The van der Waals surface area contributed by atoms with Gasteiger partial charge in [0.1, 0.15) is 11.6 Å². The van der Waals surface area contributed by atoms with Crippen molar-refractivity contribution in [2.45, 2.75) is 6.54 Å². The second kappa shape index (κ2) is 7.37. The molecule has 0 unspecified atom stereocenters. The molecule has 1 heterocycles. The molecule has 0 aliphatic heterocycles. The Balaban J connectivity index is 1.60. The average molecular weight is 321 g/mol. The van der Waals surface area contributed by atoms with Crippen molar-refractivity contribution in [2.24, 2.45) is 0 Å². The van der Waals surface area contributed by atoms with Gasteiger partial charge in [-0.3, -0.25) is 4.79 Å². The summed E-state index contributed by atoms with van der Waals surface area (Å²) in [6, 6.07) is 19.3. The van der Waals surface area contributed by atoms with Gasteiger partial charge in [-0.2, -0.15) is 0 Å². The van der Waals surface area contributed by atoms with Gasteiger partial charge in [-0.25, -0.2) is 9.37 Å². The highest BCUT2D eigenvalue weighted by molar-refractivity contribution is 6.03. The monoisotopic (exact) mass is 321 g/mol. The van der Waals surface area contributed by atoms with Crippen LogP contribution in [0.25, 0.3) is 0 Å². The summed E-state index contributed by atoms with van der Waals surface area (Å²) in [4.78, 5) is 16.2. The van der Waals surface area contributed by atoms with Crippen LogP contribution in [0.4, 0.5) is 15.9 Å². The Morgan fingerprint density at radius 1 is 0.958 bits per heavy atom. The van der Waals surface area contributed by atoms with Gasteiger partial charge >= 0.3 is 0 Å². The minimum atomic E-state index is -0.559. The van der Waals surface area contributed by atoms with E-state index < -0.39 is 11.7 Å². The van der Waals surface area contributed by atoms with E-state index in [0.717, 1.165) is 11.3 Å². The quantitative estimate of drug-likeness (QED) is 0.744. The molecule has 4 nitrogen and oxygen atoms in total. The Labute approximate surface area is 139 Å². The van der Waals surface area contributed by atoms with Gasteiger partial charge in [0.25, 0.3) is 5.91 Å². The molecule has 1 amide bonds. The normalized spacial score (nSPS) is 10.2. The van der Waals surface area contributed by atoms with Crippen molar-refractivity contribution >= 4 is 17.4 Å². The van der Waals surface area contributed by atoms with Crippen LogP contribution in [0.5, 0.6) is 0 Å². The van der Waals surface area contributed by atoms with Crippen molar-refractivity contribution in [1.82, 2.24) is 4.98 Å². The molecule has 0 aliphatic rings. The summed E-state index contributed by atoms with van der Waals surface area (Å²) in [6.07, 6.45) is 1.62. The lowest BCUT2D eigenvalue weighted by Gasteiger charge is -2.08. The first kappa shape index (κ1) is 15.7. The predicted octanol–water partition coefficient (Wildman–Crippen LogP) is 4.09. The molecule has 3 aromatic rings. The minimum absolute atomic E-state index is 0.00872. The highest BCUT2D eigenvalue weighted by atomic mass is 19.1. The lowest BCUT2D eigenvalue weighted by atomic mass is 10.2. The fourth-order valence-corrected chi connectivity index (χ4v) is 2.20. The van der Waals surface area contributed by atoms with Crippen LogP contribution in [0, 0.1) is 5.82 Å². The second-order valence-corrected chi connectivity index (χ2v) is 5.21. The number of hydrogen-bond acceptors (Lipinski definition) is 3. The van der Waals surface area contributed by atoms with Gasteiger partial charge in [0.2, 0.25) is 0 Å². The molecule has 0 aliphatic carbocycles. The fraction of sp³-hybridized carbons (Fsp3) is 0.0526. The number of aromatic nitrogens is 1. The molecule has 0 saturated carbocycles. The van der Waals surface area contributed by atoms with Crippen LogP contribution >= 0.6 is 0 Å². The molecule has 5 heteroatoms. The third-order valence-corrected chi connectivity index (χ3v) is 3.46. The zero-order valence-corrected chi connectivity index (χ0v) is 12.9. The maximum absolute atomic E-state index is 13.6. The molecule has 1 aromatic heterocycles. The third kappa shape index (κ3) is 3.95. The number of amides is 1. The molecule has 3 rings (SSSR count). The Hall–Kier alpha value is -3.21. The first-order valence-electron chi connectivity index (χ1n) is 7.52. The molecule has 0 atom stereocenters. The van der Waals surface area contributed by atoms with Crippen molar-refractivity contribution in [3.8, 4) is 0 Å². The van der Waals surface area contributed by atoms with Crippen LogP contribution in [-0.2, 0) is 6.54 Å². The molecular weight excluding hydrogens is 305 g/mol. The van der Waals surface area contributed by atoms with Crippen molar-refractivity contribution in [3.63, 3.8) is 0 Å². The average Bonchev–Trinajstić information content (AvgIpc) is 2.62. The summed E-state index contributed by atoms with van der Waals surface area (Å²) in [5.74, 6) is -0.713. The van der Waals surface area contributed by atoms with E-state index in [-0.39, 0.29) is 5.56 Å². The van der Waals surface area contributed by atoms with E-state index in [1.165, 1.54) is 18.2 Å². The van der Waals surface area contributed by atoms with Crippen molar-refractivity contribution in [3.05, 3.63) is 89.9 Å². The number of halogens is 1. The topological polar surface area (TPSA) is 54.0 Å². The highest BCUT2D eigenvalue weighted by Gasteiger charge is 2.11. The van der Waals surface area contributed by atoms with Crippen LogP contribution in [0.1, 0.15) is 15.9 Å². The number of nitrogens with one attached hydrogen (secondary N) is 2. The molecule has 2 N–H and O–H groups in total. The lowest BCUT2D eigenvalue weighted by Crippen LogP contribution is -2.14. The standard InChI is InChI=1S/C19H16FN3O/c20-17-9-5-4-8-16(17)19(24)23-18-11-10-15(13-22-18)21-12-14-6-2-1-3-7-14/h1-11,13,21H,12H2,(H,22,23,24). The summed E-state index contributed by atoms with van der Waals surface area (Å²) >= 11 is 0. The smallest absolute Gasteiger partial charge is 0.259 e. The number of carbonyl (C=O) groups is 1. The van der Waals surface area contributed by atoms with E-state index in [4.69, 9.17) is 0 Å². The number of pyridine rings is 1. The minimum Gasteiger partial charge on any atom is -0.380 e. The number of carbonyl (C=O) groups excluding carboxylic acids is 1. The SMILES string of the molecule is O=C(Nc1ccc(NCc2ccccc2)cn1)c1ccccc1F. The third-order valence-electron chi connectivity index (χ3n) is 3.46. The van der Waals surface area contributed by atoms with Gasteiger partial charge in [0, 0.05) is 6.54 Å². The lowest BCUT2D eigenvalue weighted by molar-refractivity contribution is 0.102. The summed E-state index contributed by atoms with van der Waals surface area (Å²) in [5.41, 5.74) is 1.99. The summed E-state index contributed by atoms with van der Waals surface area (Å²) in [7, 11) is 0. The van der Waals surface area contributed by atoms with E-state index in [0.29, 0.717) is 12.4 Å². The molecule has 2 aromatic carbocycles. The number of nitrogens with zero attached hydrogens (tertiary/aromatic N) is 1. The Bertz CT molecular complexity index is 820. The first-order valence-corrected chi connectivity index (χ1v) is 7.52. The largest absolute Gasteiger partial charge is 0.380 e. The van der Waals surface area contributed by atoms with Crippen LogP contribution < -0.4 is 10.6 Å². The molecular formula is C19H16FN3O. The maximum Gasteiger partial charge on any atom is 0.259 e. The maximum atomic E-state index is 13.6. The van der Waals surface area contributed by atoms with E-state index in [2.05, 4.69) is 15.6 Å². The van der Waals surface area contributed by atoms with Crippen LogP contribution in [-0.4, -0.2) is 10.9 Å². The summed E-state index contributed by atoms with van der Waals surface area (Å²) in [5, 5.41) is 5.83. The molecule has 0 bridgehead atoms. The zero-order valence-electron chi connectivity index (χ0n) is 12.9. The second-order valence-electron chi connectivity index (χ2n) is 5.21. The van der Waals surface area contributed by atoms with Gasteiger partial charge in [-0.1, -0.05) is 42.5 Å². The van der Waals surface area contributed by atoms with E-state index >= 15 is 0 Å². The van der Waals surface area contributed by atoms with Crippen LogP contribution in [0.3, 0.4) is 0 Å². The number of rotatable bonds is 5. The van der Waals surface area contributed by atoms with E-state index in [1.54, 1.807) is 18.3 Å². The molecule has 0 radical (unpaired) electrons. The predicted molar refractivity (Wildman–Crippen MR) is 92.4 cm³/mol. The Kier molecular flexibility index (Phi) is 4.81. The highest BCUT2D eigenvalue weighted by Crippen LogP contribution is 2.13. The van der Waals surface area contributed by atoms with Crippen molar-refractivity contribution < 1.29 is 9.18 Å². The molecule has 120 valence electrons. The van der Waals surface area contributed by atoms with E-state index in [9.17, 15) is 9.18 Å². The van der Waals surface area contributed by atoms with E-state index in [1.807, 2.05) is 36.4 Å². The molecule has 0 spiro atoms. The molecule has 24 heavy (non-hydrogen) atoms. The van der Waals surface area contributed by atoms with Gasteiger partial charge in [0.15, 0.2) is 0 Å². The number of hydrogen-bond donors (Lipinski definition) is 2. The number of anilines is 2. The van der Waals surface area contributed by atoms with Crippen LogP contribution in [0.15, 0.2) is 72.9 Å². The Morgan fingerprint density at radius 3 is 2.42 bits per heavy atom. The van der Waals surface area contributed by atoms with Crippen LogP contribution in [0.2, 0.25) is 0 Å². The van der Waals surface area contributed by atoms with Gasteiger partial charge in [-0.15, -0.1) is 0 Å². The fourth-order valence-electron chi connectivity index (χ4n) is 2.20. The molecule has 0 fully saturated rings. The Morgan fingerprint density at radius 2 is 1.71 bits per heavy atom. The number of benzene rings is 2. The van der Waals surface area contributed by atoms with Crippen molar-refractivity contribution in [1.29, 1.82) is 0 Å². The van der Waals surface area contributed by atoms with Gasteiger partial charge in [-0.05, 0) is 29.8 Å². The van der Waals surface area contributed by atoms with Crippen molar-refractivity contribution in [2.75, 3.05) is 10.6 Å². The molecule has 0 saturated heterocycles. The first-order chi connectivity index (χ1) is 11.7. The summed E-state index contributed by atoms with van der Waals surface area (Å²) < 4.78 is 13.6. The zero-order chi connectivity index (χ0) is 16.8. The summed E-state index contributed by atoms with van der Waals surface area (Å²) in [6.45, 7) is 0.684. The van der Waals surface area contributed by atoms with Gasteiger partial charge in [0.05, 0.1) is 17.4 Å².